The van der Waals surface area contributed by atoms with Crippen molar-refractivity contribution < 1.29 is 32.0 Å². The molecule has 1 aromatic carbocycles. The number of rotatable bonds is 10. The van der Waals surface area contributed by atoms with Crippen molar-refractivity contribution in [3.05, 3.63) is 80.7 Å². The first kappa shape index (κ1) is 29.8. The first-order valence-corrected chi connectivity index (χ1v) is 12.2. The Kier molecular flexibility index (Phi) is 8.35. The number of benzene rings is 1. The number of amides is 1. The Bertz CT molecular complexity index is 1780. The molecule has 1 amide bonds. The maximum absolute atomic E-state index is 13.6. The summed E-state index contributed by atoms with van der Waals surface area (Å²) in [5, 5.41) is 11.1. The van der Waals surface area contributed by atoms with Crippen LogP contribution in [0.1, 0.15) is 18.2 Å². The van der Waals surface area contributed by atoms with Gasteiger partial charge in [-0.15, -0.1) is 0 Å². The Balaban J connectivity index is 1.75. The van der Waals surface area contributed by atoms with E-state index in [-0.39, 0.29) is 30.0 Å². The van der Waals surface area contributed by atoms with Crippen molar-refractivity contribution in [2.24, 2.45) is 7.05 Å². The number of aryl methyl sites for hydroxylation is 1. The topological polar surface area (TPSA) is 150 Å². The number of nitrogens with one attached hydrogen (secondary N) is 1. The molecule has 13 nitrogen and oxygen atoms in total. The predicted molar refractivity (Wildman–Crippen MR) is 142 cm³/mol. The Labute approximate surface area is 235 Å². The van der Waals surface area contributed by atoms with Gasteiger partial charge in [-0.25, -0.2) is 9.78 Å². The zero-order chi connectivity index (χ0) is 30.8. The maximum atomic E-state index is 13.6. The van der Waals surface area contributed by atoms with E-state index in [1.54, 1.807) is 18.2 Å². The van der Waals surface area contributed by atoms with E-state index in [1.807, 2.05) is 0 Å². The minimum absolute atomic E-state index is 0.00626. The molecule has 0 fully saturated rings. The first-order valence-electron chi connectivity index (χ1n) is 12.2. The Hall–Kier alpha value is -5.15. The average molecular weight is 590 g/mol. The molecule has 0 aliphatic heterocycles. The van der Waals surface area contributed by atoms with Crippen LogP contribution in [0, 0.1) is 5.41 Å². The number of halogens is 3. The predicted octanol–water partition coefficient (Wildman–Crippen LogP) is 2.46. The fourth-order valence-corrected chi connectivity index (χ4v) is 4.23. The summed E-state index contributed by atoms with van der Waals surface area (Å²) in [5.41, 5.74) is -2.52. The number of aromatic nitrogens is 5. The van der Waals surface area contributed by atoms with E-state index in [4.69, 9.17) is 19.4 Å². The highest BCUT2D eigenvalue weighted by atomic mass is 19.4. The highest BCUT2D eigenvalue weighted by Crippen LogP contribution is 2.29. The summed E-state index contributed by atoms with van der Waals surface area (Å²) >= 11 is 0. The molecule has 0 aliphatic carbocycles. The van der Waals surface area contributed by atoms with Crippen molar-refractivity contribution in [2.45, 2.75) is 32.7 Å². The fraction of sp³-hybridized carbons (Fsp3) is 0.308. The van der Waals surface area contributed by atoms with Gasteiger partial charge in [0.15, 0.2) is 22.7 Å². The second kappa shape index (κ2) is 11.8. The lowest BCUT2D eigenvalue weighted by molar-refractivity contribution is -0.130. The van der Waals surface area contributed by atoms with Crippen LogP contribution in [0.5, 0.6) is 11.5 Å². The average Bonchev–Trinajstić information content (AvgIpc) is 3.62. The van der Waals surface area contributed by atoms with Crippen molar-refractivity contribution in [1.82, 2.24) is 28.7 Å². The number of allylic oxidation sites excluding steroid dienone is 2. The van der Waals surface area contributed by atoms with E-state index in [2.05, 4.69) is 10.1 Å². The van der Waals surface area contributed by atoms with Crippen LogP contribution in [-0.4, -0.2) is 60.8 Å². The summed E-state index contributed by atoms with van der Waals surface area (Å²) in [5.74, 6) is 0.0213. The van der Waals surface area contributed by atoms with Gasteiger partial charge in [-0.3, -0.25) is 24.1 Å². The number of carbonyl (C=O) groups excluding carboxylic acids is 1. The third-order valence-electron chi connectivity index (χ3n) is 6.39. The van der Waals surface area contributed by atoms with Crippen molar-refractivity contribution in [3.8, 4) is 11.5 Å². The lowest BCUT2D eigenvalue weighted by atomic mass is 10.1. The van der Waals surface area contributed by atoms with Crippen molar-refractivity contribution in [3.63, 3.8) is 0 Å². The van der Waals surface area contributed by atoms with Crippen LogP contribution < -0.4 is 20.7 Å². The molecule has 0 saturated carbocycles. The van der Waals surface area contributed by atoms with Gasteiger partial charge in [0.1, 0.15) is 24.2 Å². The van der Waals surface area contributed by atoms with Gasteiger partial charge in [0.2, 0.25) is 5.91 Å². The number of imidazole rings is 1. The number of ether oxygens (including phenoxy) is 2. The third-order valence-corrected chi connectivity index (χ3v) is 6.39. The zero-order valence-corrected chi connectivity index (χ0v) is 22.9. The van der Waals surface area contributed by atoms with E-state index in [0.29, 0.717) is 28.8 Å². The van der Waals surface area contributed by atoms with Crippen LogP contribution in [0.3, 0.4) is 0 Å². The summed E-state index contributed by atoms with van der Waals surface area (Å²) in [6, 6.07) is 6.23. The molecule has 0 atom stereocenters. The summed E-state index contributed by atoms with van der Waals surface area (Å²) in [7, 11) is 4.25. The molecule has 4 aromatic rings. The van der Waals surface area contributed by atoms with Crippen molar-refractivity contribution >= 4 is 22.8 Å². The lowest BCUT2D eigenvalue weighted by Gasteiger charge is -2.25. The second-order valence-corrected chi connectivity index (χ2v) is 9.13. The van der Waals surface area contributed by atoms with Crippen LogP contribution in [-0.2, 0) is 31.5 Å². The molecular formula is C26H26F3N7O6. The van der Waals surface area contributed by atoms with E-state index >= 15 is 0 Å². The van der Waals surface area contributed by atoms with Crippen molar-refractivity contribution in [2.75, 3.05) is 14.2 Å². The molecule has 0 bridgehead atoms. The summed E-state index contributed by atoms with van der Waals surface area (Å²) in [6.07, 6.45) is -1.91. The lowest BCUT2D eigenvalue weighted by Crippen LogP contribution is -2.40. The Morgan fingerprint density at radius 1 is 1.17 bits per heavy atom. The molecule has 3 heterocycles. The molecular weight excluding hydrogens is 563 g/mol. The normalized spacial score (nSPS) is 12.0. The SMILES string of the molecule is COc1ccc(CN(C(=O)Cn2cnc3c2c(=O)n(Cc2ccon2)c(=O)n3C)/C(C)=C\C(=N)C(F)(F)F)cc1OC. The summed E-state index contributed by atoms with van der Waals surface area (Å²) < 4.78 is 58.0. The van der Waals surface area contributed by atoms with E-state index < -0.39 is 35.6 Å². The molecule has 1 N–H and O–H groups in total. The number of nitrogens with zero attached hydrogens (tertiary/aromatic N) is 6. The first-order chi connectivity index (χ1) is 19.8. The van der Waals surface area contributed by atoms with Gasteiger partial charge in [0, 0.05) is 18.8 Å². The van der Waals surface area contributed by atoms with E-state index in [9.17, 15) is 27.6 Å². The fourth-order valence-electron chi connectivity index (χ4n) is 4.23. The molecule has 0 aliphatic rings. The monoisotopic (exact) mass is 589 g/mol. The maximum Gasteiger partial charge on any atom is 0.432 e. The summed E-state index contributed by atoms with van der Waals surface area (Å²) in [4.78, 5) is 45.0. The molecule has 4 rings (SSSR count). The number of hydrogen-bond acceptors (Lipinski definition) is 9. The van der Waals surface area contributed by atoms with Gasteiger partial charge in [-0.05, 0) is 30.7 Å². The van der Waals surface area contributed by atoms with E-state index in [0.717, 1.165) is 14.0 Å². The zero-order valence-electron chi connectivity index (χ0n) is 22.9. The smallest absolute Gasteiger partial charge is 0.432 e. The molecule has 0 spiro atoms. The Morgan fingerprint density at radius 3 is 2.50 bits per heavy atom. The van der Waals surface area contributed by atoms with Crippen LogP contribution in [0.15, 0.2) is 62.7 Å². The van der Waals surface area contributed by atoms with Gasteiger partial charge in [0.05, 0.1) is 33.6 Å². The largest absolute Gasteiger partial charge is 0.493 e. The molecule has 222 valence electrons. The molecule has 16 heteroatoms. The minimum Gasteiger partial charge on any atom is -0.493 e. The quantitative estimate of drug-likeness (QED) is 0.277. The Morgan fingerprint density at radius 2 is 1.88 bits per heavy atom. The van der Waals surface area contributed by atoms with Crippen molar-refractivity contribution in [1.29, 1.82) is 5.41 Å². The molecule has 0 saturated heterocycles. The van der Waals surface area contributed by atoms with Crippen LogP contribution in [0.4, 0.5) is 13.2 Å². The van der Waals surface area contributed by atoms with E-state index in [1.165, 1.54) is 51.4 Å². The van der Waals surface area contributed by atoms with Gasteiger partial charge in [-0.1, -0.05) is 11.2 Å². The molecule has 3 aromatic heterocycles. The third kappa shape index (κ3) is 5.96. The number of carbonyl (C=O) groups is 1. The number of fused-ring (bicyclic) bond motifs is 1. The van der Waals surface area contributed by atoms with Crippen LogP contribution >= 0.6 is 0 Å². The van der Waals surface area contributed by atoms with Crippen LogP contribution in [0.25, 0.3) is 11.2 Å². The number of methoxy groups -OCH3 is 2. The molecule has 42 heavy (non-hydrogen) atoms. The highest BCUT2D eigenvalue weighted by molar-refractivity contribution is 5.97. The molecule has 0 unspecified atom stereocenters. The van der Waals surface area contributed by atoms with Gasteiger partial charge in [-0.2, -0.15) is 13.2 Å². The second-order valence-electron chi connectivity index (χ2n) is 9.13. The highest BCUT2D eigenvalue weighted by Gasteiger charge is 2.33. The van der Waals surface area contributed by atoms with Gasteiger partial charge < -0.3 is 23.5 Å². The summed E-state index contributed by atoms with van der Waals surface area (Å²) in [6.45, 7) is 0.337. The van der Waals surface area contributed by atoms with Gasteiger partial charge in [0.25, 0.3) is 5.56 Å². The standard InChI is InChI=1S/C26H26F3N7O6/c1-15(9-20(30)26(27,28)29)35(11-16-5-6-18(40-3)19(10-16)41-4)21(37)13-34-14-31-23-22(34)24(38)36(25(39)33(23)2)12-17-7-8-42-32-17/h5-10,14,30H,11-13H2,1-4H3/b15-9-,30-20?. The number of alkyl halides is 3. The number of hydrogen-bond donors (Lipinski definition) is 1. The van der Waals surface area contributed by atoms with Gasteiger partial charge >= 0.3 is 11.9 Å². The van der Waals surface area contributed by atoms with Crippen LogP contribution in [0.2, 0.25) is 0 Å². The molecule has 0 radical (unpaired) electrons. The minimum atomic E-state index is -4.93.